The van der Waals surface area contributed by atoms with Crippen molar-refractivity contribution in [2.75, 3.05) is 0 Å². The van der Waals surface area contributed by atoms with E-state index in [2.05, 4.69) is 11.8 Å². The summed E-state index contributed by atoms with van der Waals surface area (Å²) in [6.45, 7) is 0. The van der Waals surface area contributed by atoms with Gasteiger partial charge in [-0.3, -0.25) is 4.79 Å². The summed E-state index contributed by atoms with van der Waals surface area (Å²) in [6, 6.07) is 11.1. The molecule has 0 heterocycles. The topological polar surface area (TPSA) is 123 Å². The Balaban J connectivity index is 1.84. The third-order valence-electron chi connectivity index (χ3n) is 4.57. The van der Waals surface area contributed by atoms with Gasteiger partial charge in [-0.05, 0) is 43.2 Å². The minimum atomic E-state index is -4.45. The molecule has 2 aromatic carbocycles. The molecule has 3 rings (SSSR count). The molecule has 152 valence electrons. The van der Waals surface area contributed by atoms with Crippen molar-refractivity contribution >= 4 is 26.0 Å². The maximum Gasteiger partial charge on any atom is 0.265 e. The summed E-state index contributed by atoms with van der Waals surface area (Å²) >= 11 is 0. The molecule has 0 unspecified atom stereocenters. The van der Waals surface area contributed by atoms with Crippen molar-refractivity contribution in [2.45, 2.75) is 35.5 Å². The van der Waals surface area contributed by atoms with Gasteiger partial charge in [-0.1, -0.05) is 42.9 Å². The molecule has 1 saturated carbocycles. The molecule has 9 heteroatoms. The van der Waals surface area contributed by atoms with E-state index in [1.807, 2.05) is 4.72 Å². The van der Waals surface area contributed by atoms with Crippen LogP contribution in [0.25, 0.3) is 0 Å². The van der Waals surface area contributed by atoms with Crippen molar-refractivity contribution in [2.24, 2.45) is 11.1 Å². The first-order valence-corrected chi connectivity index (χ1v) is 12.0. The lowest BCUT2D eigenvalue weighted by Gasteiger charge is -2.10. The highest BCUT2D eigenvalue weighted by Gasteiger charge is 2.26. The third-order valence-corrected chi connectivity index (χ3v) is 7.06. The van der Waals surface area contributed by atoms with E-state index < -0.39 is 35.7 Å². The summed E-state index contributed by atoms with van der Waals surface area (Å²) in [5.74, 6) is 5.67. The first-order valence-electron chi connectivity index (χ1n) is 8.97. The molecule has 0 atom stereocenters. The minimum Gasteiger partial charge on any atom is -0.268 e. The van der Waals surface area contributed by atoms with Gasteiger partial charge in [0.2, 0.25) is 10.0 Å². The van der Waals surface area contributed by atoms with Crippen molar-refractivity contribution in [1.82, 2.24) is 4.72 Å². The molecule has 0 bridgehead atoms. The SMILES string of the molecule is NS(=O)(=O)c1ccccc1S(=O)(=O)NC(=O)c1cccc(C#CC2CCCC2)c1. The fourth-order valence-corrected chi connectivity index (χ4v) is 5.49. The fourth-order valence-electron chi connectivity index (χ4n) is 3.14. The van der Waals surface area contributed by atoms with Gasteiger partial charge in [-0.15, -0.1) is 0 Å². The van der Waals surface area contributed by atoms with E-state index in [0.29, 0.717) is 11.5 Å². The molecule has 1 fully saturated rings. The quantitative estimate of drug-likeness (QED) is 0.715. The number of benzene rings is 2. The monoisotopic (exact) mass is 432 g/mol. The number of sulfonamides is 2. The van der Waals surface area contributed by atoms with Crippen LogP contribution in [0.1, 0.15) is 41.6 Å². The van der Waals surface area contributed by atoms with Gasteiger partial charge in [0.05, 0.1) is 0 Å². The number of carbonyl (C=O) groups is 1. The van der Waals surface area contributed by atoms with E-state index in [0.717, 1.165) is 25.0 Å². The van der Waals surface area contributed by atoms with Crippen LogP contribution in [0.4, 0.5) is 0 Å². The van der Waals surface area contributed by atoms with Gasteiger partial charge in [-0.25, -0.2) is 26.7 Å². The Morgan fingerprint density at radius 1 is 0.966 bits per heavy atom. The van der Waals surface area contributed by atoms with E-state index in [1.165, 1.54) is 37.1 Å². The zero-order valence-electron chi connectivity index (χ0n) is 15.5. The standard InChI is InChI=1S/C20H20N2O5S2/c21-28(24,25)18-10-3-4-11-19(18)29(26,27)22-20(23)17-9-5-8-16(14-17)13-12-15-6-1-2-7-15/h3-5,8-11,14-15H,1-2,6-7H2,(H,22,23)(H2,21,24,25). The number of carbonyl (C=O) groups excluding carboxylic acids is 1. The predicted octanol–water partition coefficient (Wildman–Crippen LogP) is 1.99. The highest BCUT2D eigenvalue weighted by atomic mass is 32.2. The molecule has 1 aliphatic rings. The van der Waals surface area contributed by atoms with Crippen molar-refractivity contribution < 1.29 is 21.6 Å². The van der Waals surface area contributed by atoms with Crippen molar-refractivity contribution in [3.63, 3.8) is 0 Å². The Kier molecular flexibility index (Phi) is 6.07. The second-order valence-electron chi connectivity index (χ2n) is 6.76. The number of nitrogens with two attached hydrogens (primary N) is 1. The lowest BCUT2D eigenvalue weighted by Crippen LogP contribution is -2.32. The molecule has 7 nitrogen and oxygen atoms in total. The molecule has 1 aliphatic carbocycles. The van der Waals surface area contributed by atoms with Crippen LogP contribution in [-0.2, 0) is 20.0 Å². The number of rotatable bonds is 4. The van der Waals surface area contributed by atoms with Crippen molar-refractivity contribution in [1.29, 1.82) is 0 Å². The minimum absolute atomic E-state index is 0.0971. The Morgan fingerprint density at radius 2 is 1.62 bits per heavy atom. The number of nitrogens with one attached hydrogen (secondary N) is 1. The van der Waals surface area contributed by atoms with Gasteiger partial charge in [0, 0.05) is 17.0 Å². The molecular weight excluding hydrogens is 412 g/mol. The van der Waals surface area contributed by atoms with E-state index in [1.54, 1.807) is 12.1 Å². The van der Waals surface area contributed by atoms with Gasteiger partial charge in [0.15, 0.2) is 0 Å². The molecule has 0 aromatic heterocycles. The van der Waals surface area contributed by atoms with Gasteiger partial charge >= 0.3 is 0 Å². The van der Waals surface area contributed by atoms with Gasteiger partial charge in [0.25, 0.3) is 15.9 Å². The zero-order chi connectivity index (χ0) is 21.1. The molecule has 3 N–H and O–H groups in total. The summed E-state index contributed by atoms with van der Waals surface area (Å²) in [6.07, 6.45) is 4.46. The Hall–Kier alpha value is -2.67. The average Bonchev–Trinajstić information content (AvgIpc) is 3.19. The molecule has 29 heavy (non-hydrogen) atoms. The molecule has 0 aliphatic heterocycles. The van der Waals surface area contributed by atoms with Gasteiger partial charge in [-0.2, -0.15) is 0 Å². The van der Waals surface area contributed by atoms with Crippen LogP contribution in [0.5, 0.6) is 0 Å². The Morgan fingerprint density at radius 3 is 2.28 bits per heavy atom. The summed E-state index contributed by atoms with van der Waals surface area (Å²) < 4.78 is 50.4. The second kappa shape index (κ2) is 8.37. The third kappa shape index (κ3) is 5.23. The molecular formula is C20H20N2O5S2. The summed E-state index contributed by atoms with van der Waals surface area (Å²) in [5.41, 5.74) is 0.701. The number of primary sulfonamides is 1. The highest BCUT2D eigenvalue weighted by Crippen LogP contribution is 2.24. The van der Waals surface area contributed by atoms with Crippen LogP contribution in [0.15, 0.2) is 58.3 Å². The maximum atomic E-state index is 12.6. The van der Waals surface area contributed by atoms with Gasteiger partial charge in [0.1, 0.15) is 9.79 Å². The summed E-state index contributed by atoms with van der Waals surface area (Å²) in [4.78, 5) is 11.3. The summed E-state index contributed by atoms with van der Waals surface area (Å²) in [5, 5.41) is 5.08. The van der Waals surface area contributed by atoms with Crippen LogP contribution < -0.4 is 9.86 Å². The van der Waals surface area contributed by atoms with Crippen LogP contribution in [0.3, 0.4) is 0 Å². The number of amides is 1. The average molecular weight is 433 g/mol. The first kappa shape index (κ1) is 21.0. The van der Waals surface area contributed by atoms with Gasteiger partial charge < -0.3 is 0 Å². The number of hydrogen-bond donors (Lipinski definition) is 2. The lowest BCUT2D eigenvalue weighted by atomic mass is 10.1. The number of hydrogen-bond acceptors (Lipinski definition) is 5. The predicted molar refractivity (Wildman–Crippen MR) is 108 cm³/mol. The normalized spacial score (nSPS) is 14.8. The Bertz CT molecular complexity index is 1200. The zero-order valence-corrected chi connectivity index (χ0v) is 17.1. The molecule has 0 radical (unpaired) electrons. The van der Waals surface area contributed by atoms with Crippen LogP contribution in [-0.4, -0.2) is 22.7 Å². The Labute approximate surface area is 170 Å². The largest absolute Gasteiger partial charge is 0.268 e. The first-order chi connectivity index (χ1) is 13.7. The van der Waals surface area contributed by atoms with Crippen molar-refractivity contribution in [3.8, 4) is 11.8 Å². The molecule has 0 saturated heterocycles. The van der Waals surface area contributed by atoms with E-state index in [4.69, 9.17) is 5.14 Å². The lowest BCUT2D eigenvalue weighted by molar-refractivity contribution is 0.0981. The fraction of sp³-hybridized carbons (Fsp3) is 0.250. The van der Waals surface area contributed by atoms with Crippen molar-refractivity contribution in [3.05, 3.63) is 59.7 Å². The van der Waals surface area contributed by atoms with E-state index in [-0.39, 0.29) is 5.56 Å². The maximum absolute atomic E-state index is 12.6. The molecule has 2 aromatic rings. The smallest absolute Gasteiger partial charge is 0.265 e. The van der Waals surface area contributed by atoms with Crippen LogP contribution in [0.2, 0.25) is 0 Å². The van der Waals surface area contributed by atoms with E-state index in [9.17, 15) is 21.6 Å². The molecule has 0 spiro atoms. The van der Waals surface area contributed by atoms with E-state index >= 15 is 0 Å². The summed E-state index contributed by atoms with van der Waals surface area (Å²) in [7, 11) is -8.74. The van der Waals surface area contributed by atoms with Crippen LogP contribution in [0, 0.1) is 17.8 Å². The highest BCUT2D eigenvalue weighted by molar-refractivity contribution is 7.92. The molecule has 1 amide bonds. The van der Waals surface area contributed by atoms with Crippen LogP contribution >= 0.6 is 0 Å². The second-order valence-corrected chi connectivity index (χ2v) is 9.94.